The number of furan rings is 1. The molecule has 3 heterocycles. The van der Waals surface area contributed by atoms with Gasteiger partial charge in [0.2, 0.25) is 11.8 Å². The van der Waals surface area contributed by atoms with Crippen molar-refractivity contribution in [3.8, 4) is 0 Å². The predicted molar refractivity (Wildman–Crippen MR) is 104 cm³/mol. The smallest absolute Gasteiger partial charge is 0.231 e. The highest BCUT2D eigenvalue weighted by Crippen LogP contribution is 2.36. The van der Waals surface area contributed by atoms with E-state index in [0.29, 0.717) is 18.8 Å². The lowest BCUT2D eigenvalue weighted by atomic mass is 9.88. The van der Waals surface area contributed by atoms with Crippen LogP contribution < -0.4 is 4.90 Å². The summed E-state index contributed by atoms with van der Waals surface area (Å²) in [7, 11) is 1.75. The van der Waals surface area contributed by atoms with Crippen LogP contribution in [0.1, 0.15) is 29.4 Å². The van der Waals surface area contributed by atoms with Gasteiger partial charge in [0.1, 0.15) is 5.76 Å². The second-order valence-electron chi connectivity index (χ2n) is 6.86. The molecule has 6 nitrogen and oxygen atoms in total. The van der Waals surface area contributed by atoms with Crippen LogP contribution >= 0.6 is 0 Å². The Hall–Kier alpha value is -3.41. The molecule has 0 aliphatic carbocycles. The van der Waals surface area contributed by atoms with Crippen LogP contribution in [0.4, 0.5) is 5.69 Å². The fourth-order valence-corrected chi connectivity index (χ4v) is 3.57. The molecule has 1 aliphatic heterocycles. The lowest BCUT2D eigenvalue weighted by Gasteiger charge is -2.33. The highest BCUT2D eigenvalue weighted by Gasteiger charge is 2.36. The fraction of sp³-hybridized carbons (Fsp3) is 0.227. The Labute approximate surface area is 163 Å². The van der Waals surface area contributed by atoms with Crippen molar-refractivity contribution in [2.24, 2.45) is 0 Å². The summed E-state index contributed by atoms with van der Waals surface area (Å²) in [5.74, 6) is 0.0131. The molecular formula is C22H21N3O3. The first-order chi connectivity index (χ1) is 13.6. The van der Waals surface area contributed by atoms with Crippen LogP contribution in [0.2, 0.25) is 0 Å². The van der Waals surface area contributed by atoms with Gasteiger partial charge < -0.3 is 14.2 Å². The minimum atomic E-state index is -0.515. The van der Waals surface area contributed by atoms with Crippen molar-refractivity contribution >= 4 is 17.5 Å². The molecule has 0 saturated carbocycles. The molecule has 1 aliphatic rings. The average molecular weight is 375 g/mol. The molecule has 142 valence electrons. The molecular weight excluding hydrogens is 354 g/mol. The summed E-state index contributed by atoms with van der Waals surface area (Å²) in [5.41, 5.74) is 2.45. The number of amides is 2. The van der Waals surface area contributed by atoms with E-state index in [1.807, 2.05) is 48.5 Å². The first-order valence-corrected chi connectivity index (χ1v) is 9.20. The third-order valence-corrected chi connectivity index (χ3v) is 5.04. The Bertz CT molecular complexity index is 970. The van der Waals surface area contributed by atoms with E-state index in [-0.39, 0.29) is 18.2 Å². The Kier molecular flexibility index (Phi) is 4.93. The molecule has 3 aromatic rings. The van der Waals surface area contributed by atoms with Crippen molar-refractivity contribution in [1.82, 2.24) is 9.88 Å². The largest absolute Gasteiger partial charge is 0.467 e. The minimum absolute atomic E-state index is 0.0622. The van der Waals surface area contributed by atoms with Gasteiger partial charge in [-0.3, -0.25) is 14.6 Å². The van der Waals surface area contributed by atoms with Gasteiger partial charge in [-0.1, -0.05) is 24.3 Å². The summed E-state index contributed by atoms with van der Waals surface area (Å²) < 4.78 is 5.46. The molecule has 1 atom stereocenters. The zero-order valence-corrected chi connectivity index (χ0v) is 15.6. The van der Waals surface area contributed by atoms with Crippen LogP contribution in [0.5, 0.6) is 0 Å². The standard InChI is InChI=1S/C22H21N3O3/c1-24-20-10-3-2-9-18(20)19(13-21(24)26)22(27)25(15-17-8-6-12-28-17)14-16-7-4-5-11-23-16/h2-12,19H,13-15H2,1H3/t19-/m1/s1. The van der Waals surface area contributed by atoms with E-state index in [1.54, 1.807) is 35.4 Å². The fourth-order valence-electron chi connectivity index (χ4n) is 3.57. The summed E-state index contributed by atoms with van der Waals surface area (Å²) in [4.78, 5) is 33.7. The van der Waals surface area contributed by atoms with Gasteiger partial charge in [-0.2, -0.15) is 0 Å². The molecule has 6 heteroatoms. The number of nitrogens with zero attached hydrogens (tertiary/aromatic N) is 3. The molecule has 0 N–H and O–H groups in total. The van der Waals surface area contributed by atoms with Gasteiger partial charge in [0, 0.05) is 25.4 Å². The lowest BCUT2D eigenvalue weighted by molar-refractivity contribution is -0.136. The molecule has 0 bridgehead atoms. The number of benzene rings is 1. The second-order valence-corrected chi connectivity index (χ2v) is 6.86. The van der Waals surface area contributed by atoms with Gasteiger partial charge in [0.25, 0.3) is 0 Å². The van der Waals surface area contributed by atoms with Gasteiger partial charge in [0.05, 0.1) is 31.0 Å². The summed E-state index contributed by atoms with van der Waals surface area (Å²) in [6.45, 7) is 0.675. The van der Waals surface area contributed by atoms with Gasteiger partial charge in [-0.05, 0) is 35.9 Å². The van der Waals surface area contributed by atoms with E-state index in [4.69, 9.17) is 4.42 Å². The van der Waals surface area contributed by atoms with Crippen molar-refractivity contribution in [3.63, 3.8) is 0 Å². The van der Waals surface area contributed by atoms with Crippen molar-refractivity contribution in [1.29, 1.82) is 0 Å². The maximum absolute atomic E-state index is 13.5. The summed E-state index contributed by atoms with van der Waals surface area (Å²) in [6.07, 6.45) is 3.45. The number of carbonyl (C=O) groups excluding carboxylic acids is 2. The van der Waals surface area contributed by atoms with E-state index in [0.717, 1.165) is 16.9 Å². The SMILES string of the molecule is CN1C(=O)C[C@@H](C(=O)N(Cc2ccccn2)Cc2ccco2)c2ccccc21. The van der Waals surface area contributed by atoms with Gasteiger partial charge >= 0.3 is 0 Å². The average Bonchev–Trinajstić information content (AvgIpc) is 3.24. The van der Waals surface area contributed by atoms with Gasteiger partial charge in [0.15, 0.2) is 0 Å². The predicted octanol–water partition coefficient (Wildman–Crippen LogP) is 3.35. The van der Waals surface area contributed by atoms with Crippen LogP contribution in [-0.2, 0) is 22.7 Å². The van der Waals surface area contributed by atoms with Crippen LogP contribution in [-0.4, -0.2) is 28.7 Å². The zero-order chi connectivity index (χ0) is 19.5. The van der Waals surface area contributed by atoms with Gasteiger partial charge in [-0.25, -0.2) is 0 Å². The maximum Gasteiger partial charge on any atom is 0.231 e. The molecule has 2 amide bonds. The minimum Gasteiger partial charge on any atom is -0.467 e. The number of fused-ring (bicyclic) bond motifs is 1. The van der Waals surface area contributed by atoms with E-state index in [2.05, 4.69) is 4.98 Å². The molecule has 0 spiro atoms. The Morgan fingerprint density at radius 1 is 1.14 bits per heavy atom. The summed E-state index contributed by atoms with van der Waals surface area (Å²) in [6, 6.07) is 16.8. The Morgan fingerprint density at radius 2 is 1.96 bits per heavy atom. The molecule has 4 rings (SSSR count). The number of pyridine rings is 1. The monoisotopic (exact) mass is 375 g/mol. The van der Waals surface area contributed by atoms with Gasteiger partial charge in [-0.15, -0.1) is 0 Å². The Balaban J connectivity index is 1.66. The topological polar surface area (TPSA) is 66.7 Å². The highest BCUT2D eigenvalue weighted by molar-refractivity contribution is 6.02. The number of carbonyl (C=O) groups is 2. The molecule has 0 unspecified atom stereocenters. The lowest BCUT2D eigenvalue weighted by Crippen LogP contribution is -2.41. The van der Waals surface area contributed by atoms with Crippen molar-refractivity contribution in [3.05, 3.63) is 84.1 Å². The molecule has 2 aromatic heterocycles. The molecule has 0 radical (unpaired) electrons. The number of aromatic nitrogens is 1. The van der Waals surface area contributed by atoms with E-state index in [9.17, 15) is 9.59 Å². The molecule has 0 fully saturated rings. The first kappa shape index (κ1) is 18.0. The van der Waals surface area contributed by atoms with Crippen LogP contribution in [0.3, 0.4) is 0 Å². The number of hydrogen-bond donors (Lipinski definition) is 0. The molecule has 1 aromatic carbocycles. The summed E-state index contributed by atoms with van der Waals surface area (Å²) in [5, 5.41) is 0. The zero-order valence-electron chi connectivity index (χ0n) is 15.6. The molecule has 28 heavy (non-hydrogen) atoms. The maximum atomic E-state index is 13.5. The van der Waals surface area contributed by atoms with E-state index in [1.165, 1.54) is 0 Å². The highest BCUT2D eigenvalue weighted by atomic mass is 16.3. The van der Waals surface area contributed by atoms with Crippen LogP contribution in [0.25, 0.3) is 0 Å². The second kappa shape index (κ2) is 7.68. The summed E-state index contributed by atoms with van der Waals surface area (Å²) >= 11 is 0. The van der Waals surface area contributed by atoms with Crippen molar-refractivity contribution in [2.75, 3.05) is 11.9 Å². The first-order valence-electron chi connectivity index (χ1n) is 9.20. The quantitative estimate of drug-likeness (QED) is 0.686. The van der Waals surface area contributed by atoms with Crippen molar-refractivity contribution in [2.45, 2.75) is 25.4 Å². The van der Waals surface area contributed by atoms with Crippen LogP contribution in [0.15, 0.2) is 71.5 Å². The van der Waals surface area contributed by atoms with E-state index < -0.39 is 5.92 Å². The third-order valence-electron chi connectivity index (χ3n) is 5.04. The Morgan fingerprint density at radius 3 is 2.71 bits per heavy atom. The third kappa shape index (κ3) is 3.53. The normalized spacial score (nSPS) is 16.0. The van der Waals surface area contributed by atoms with Crippen molar-refractivity contribution < 1.29 is 14.0 Å². The van der Waals surface area contributed by atoms with Crippen LogP contribution in [0, 0.1) is 0 Å². The number of hydrogen-bond acceptors (Lipinski definition) is 4. The van der Waals surface area contributed by atoms with E-state index >= 15 is 0 Å². The number of para-hydroxylation sites is 1. The molecule has 0 saturated heterocycles. The number of rotatable bonds is 5. The number of anilines is 1.